The van der Waals surface area contributed by atoms with Crippen molar-refractivity contribution < 1.29 is 23.2 Å². The molecule has 0 aliphatic carbocycles. The lowest BCUT2D eigenvalue weighted by molar-refractivity contribution is -0.140. The molecule has 2 unspecified atom stereocenters. The Morgan fingerprint density at radius 3 is 2.33 bits per heavy atom. The van der Waals surface area contributed by atoms with Crippen LogP contribution in [0.2, 0.25) is 0 Å². The molecule has 0 saturated carbocycles. The maximum atomic E-state index is 13.9. The Balaban J connectivity index is 1.56. The number of nitrogens with one attached hydrogen (secondary N) is 2. The van der Waals surface area contributed by atoms with Crippen LogP contribution < -0.4 is 10.6 Å². The minimum absolute atomic E-state index is 0.0967. The lowest BCUT2D eigenvalue weighted by Gasteiger charge is -2.37. The third-order valence-corrected chi connectivity index (χ3v) is 7.64. The fourth-order valence-corrected chi connectivity index (χ4v) is 5.30. The van der Waals surface area contributed by atoms with Crippen LogP contribution in [0.3, 0.4) is 0 Å². The van der Waals surface area contributed by atoms with Crippen molar-refractivity contribution >= 4 is 17.7 Å². The van der Waals surface area contributed by atoms with Crippen molar-refractivity contribution in [1.29, 1.82) is 0 Å². The number of nitrogens with zero attached hydrogens (tertiary/aromatic N) is 4. The van der Waals surface area contributed by atoms with Crippen molar-refractivity contribution in [2.24, 2.45) is 5.41 Å². The predicted octanol–water partition coefficient (Wildman–Crippen LogP) is 3.58. The molecule has 0 radical (unpaired) electrons. The van der Waals surface area contributed by atoms with Gasteiger partial charge in [-0.25, -0.2) is 13.8 Å². The number of hydrogen-bond donors (Lipinski definition) is 2. The summed E-state index contributed by atoms with van der Waals surface area (Å²) in [6.45, 7) is 6.96. The van der Waals surface area contributed by atoms with Gasteiger partial charge < -0.3 is 25.0 Å². The van der Waals surface area contributed by atoms with Gasteiger partial charge in [-0.2, -0.15) is 0 Å². The standard InChI is InChI=1S/C32H40F2N6O3/c1-32(2,3)29(37-28(41)18-35-4)31(43)40-16-5-6-26(40)19-38(17-15-22-7-9-23(33)10-8-22)30(42)27-20-39(21-36-27)25-13-11-24(34)12-14-25/h7-14,20-21,26,29,35H,5-6,15-19H2,1-4H3,(H,37,41). The first-order valence-electron chi connectivity index (χ1n) is 14.5. The minimum Gasteiger partial charge on any atom is -0.343 e. The summed E-state index contributed by atoms with van der Waals surface area (Å²) in [6, 6.07) is 11.0. The Kier molecular flexibility index (Phi) is 10.3. The van der Waals surface area contributed by atoms with Gasteiger partial charge in [0.25, 0.3) is 5.91 Å². The summed E-state index contributed by atoms with van der Waals surface area (Å²) in [5.41, 5.74) is 1.22. The summed E-state index contributed by atoms with van der Waals surface area (Å²) in [6.07, 6.45) is 5.07. The quantitative estimate of drug-likeness (QED) is 0.354. The van der Waals surface area contributed by atoms with Crippen molar-refractivity contribution in [1.82, 2.24) is 30.0 Å². The third-order valence-electron chi connectivity index (χ3n) is 7.64. The van der Waals surface area contributed by atoms with Crippen LogP contribution in [-0.4, -0.2) is 82.4 Å². The number of imidazole rings is 1. The van der Waals surface area contributed by atoms with E-state index in [1.807, 2.05) is 20.8 Å². The molecule has 230 valence electrons. The van der Waals surface area contributed by atoms with Crippen LogP contribution >= 0.6 is 0 Å². The van der Waals surface area contributed by atoms with Crippen LogP contribution in [-0.2, 0) is 16.0 Å². The number of rotatable bonds is 11. The Morgan fingerprint density at radius 1 is 1.05 bits per heavy atom. The monoisotopic (exact) mass is 594 g/mol. The van der Waals surface area contributed by atoms with Crippen LogP contribution in [0, 0.1) is 17.0 Å². The van der Waals surface area contributed by atoms with E-state index in [2.05, 4.69) is 15.6 Å². The molecule has 11 heteroatoms. The highest BCUT2D eigenvalue weighted by atomic mass is 19.1. The van der Waals surface area contributed by atoms with Gasteiger partial charge in [-0.1, -0.05) is 32.9 Å². The summed E-state index contributed by atoms with van der Waals surface area (Å²) >= 11 is 0. The average molecular weight is 595 g/mol. The van der Waals surface area contributed by atoms with Gasteiger partial charge in [0.2, 0.25) is 11.8 Å². The van der Waals surface area contributed by atoms with Crippen LogP contribution in [0.15, 0.2) is 61.1 Å². The molecule has 4 rings (SSSR count). The van der Waals surface area contributed by atoms with E-state index in [9.17, 15) is 23.2 Å². The SMILES string of the molecule is CNCC(=O)NC(C(=O)N1CCCC1CN(CCc1ccc(F)cc1)C(=O)c1cn(-c2ccc(F)cc2)cn1)C(C)(C)C. The zero-order valence-corrected chi connectivity index (χ0v) is 25.1. The molecule has 2 N–H and O–H groups in total. The normalized spacial score (nSPS) is 15.8. The molecule has 9 nitrogen and oxygen atoms in total. The zero-order valence-electron chi connectivity index (χ0n) is 25.1. The first-order chi connectivity index (χ1) is 20.5. The Bertz CT molecular complexity index is 1400. The van der Waals surface area contributed by atoms with Gasteiger partial charge in [0.15, 0.2) is 0 Å². The number of hydrogen-bond acceptors (Lipinski definition) is 5. The molecule has 3 amide bonds. The first-order valence-corrected chi connectivity index (χ1v) is 14.5. The smallest absolute Gasteiger partial charge is 0.274 e. The highest BCUT2D eigenvalue weighted by Gasteiger charge is 2.40. The molecule has 0 bridgehead atoms. The molecule has 1 aliphatic rings. The first kappa shape index (κ1) is 31.8. The van der Waals surface area contributed by atoms with Crippen LogP contribution in [0.1, 0.15) is 49.7 Å². The van der Waals surface area contributed by atoms with Crippen molar-refractivity contribution in [3.63, 3.8) is 0 Å². The topological polar surface area (TPSA) is 99.6 Å². The predicted molar refractivity (Wildman–Crippen MR) is 160 cm³/mol. The largest absolute Gasteiger partial charge is 0.343 e. The number of carbonyl (C=O) groups is 3. The molecule has 1 aliphatic heterocycles. The molecule has 1 aromatic heterocycles. The van der Waals surface area contributed by atoms with Crippen molar-refractivity contribution in [2.45, 2.75) is 52.1 Å². The average Bonchev–Trinajstić information content (AvgIpc) is 3.64. The molecule has 1 saturated heterocycles. The van der Waals surface area contributed by atoms with E-state index in [0.717, 1.165) is 12.0 Å². The van der Waals surface area contributed by atoms with E-state index >= 15 is 0 Å². The summed E-state index contributed by atoms with van der Waals surface area (Å²) in [5, 5.41) is 5.70. The second-order valence-electron chi connectivity index (χ2n) is 12.0. The second kappa shape index (κ2) is 13.9. The third kappa shape index (κ3) is 8.25. The Labute approximate surface area is 251 Å². The van der Waals surface area contributed by atoms with Gasteiger partial charge in [-0.05, 0) is 73.7 Å². The summed E-state index contributed by atoms with van der Waals surface area (Å²) in [7, 11) is 1.67. The van der Waals surface area contributed by atoms with E-state index in [-0.39, 0.29) is 54.2 Å². The van der Waals surface area contributed by atoms with Gasteiger partial charge >= 0.3 is 0 Å². The van der Waals surface area contributed by atoms with Crippen LogP contribution in [0.4, 0.5) is 8.78 Å². The lowest BCUT2D eigenvalue weighted by atomic mass is 9.85. The molecule has 43 heavy (non-hydrogen) atoms. The number of aromatic nitrogens is 2. The van der Waals surface area contributed by atoms with E-state index in [0.29, 0.717) is 31.6 Å². The van der Waals surface area contributed by atoms with E-state index in [1.54, 1.807) is 51.9 Å². The maximum Gasteiger partial charge on any atom is 0.274 e. The number of carbonyl (C=O) groups excluding carboxylic acids is 3. The highest BCUT2D eigenvalue weighted by Crippen LogP contribution is 2.27. The number of benzene rings is 2. The molecule has 2 heterocycles. The van der Waals surface area contributed by atoms with E-state index < -0.39 is 11.5 Å². The Morgan fingerprint density at radius 2 is 1.70 bits per heavy atom. The summed E-state index contributed by atoms with van der Waals surface area (Å²) < 4.78 is 28.6. The van der Waals surface area contributed by atoms with E-state index in [4.69, 9.17) is 0 Å². The highest BCUT2D eigenvalue weighted by molar-refractivity contribution is 5.92. The molecule has 2 aromatic carbocycles. The molecule has 0 spiro atoms. The zero-order chi connectivity index (χ0) is 31.1. The minimum atomic E-state index is -0.733. The second-order valence-corrected chi connectivity index (χ2v) is 12.0. The van der Waals surface area contributed by atoms with Crippen molar-refractivity contribution in [2.75, 3.05) is 33.2 Å². The van der Waals surface area contributed by atoms with Gasteiger partial charge in [0.1, 0.15) is 29.7 Å². The van der Waals surface area contributed by atoms with Crippen LogP contribution in [0.5, 0.6) is 0 Å². The van der Waals surface area contributed by atoms with Gasteiger partial charge in [-0.3, -0.25) is 14.4 Å². The molecule has 2 atom stereocenters. The van der Waals surface area contributed by atoms with Crippen molar-refractivity contribution in [3.05, 3.63) is 83.9 Å². The fraction of sp³-hybridized carbons (Fsp3) is 0.438. The lowest BCUT2D eigenvalue weighted by Crippen LogP contribution is -2.58. The van der Waals surface area contributed by atoms with Gasteiger partial charge in [0, 0.05) is 37.6 Å². The number of halogens is 2. The molecular weight excluding hydrogens is 554 g/mol. The van der Waals surface area contributed by atoms with Gasteiger partial charge in [0.05, 0.1) is 6.54 Å². The van der Waals surface area contributed by atoms with Gasteiger partial charge in [-0.15, -0.1) is 0 Å². The molecule has 3 aromatic rings. The number of amides is 3. The van der Waals surface area contributed by atoms with Crippen LogP contribution in [0.25, 0.3) is 5.69 Å². The Hall–Kier alpha value is -4.12. The number of likely N-dealkylation sites (tertiary alicyclic amines) is 1. The fourth-order valence-electron chi connectivity index (χ4n) is 5.30. The van der Waals surface area contributed by atoms with Crippen molar-refractivity contribution in [3.8, 4) is 5.69 Å². The number of likely N-dealkylation sites (N-methyl/N-ethyl adjacent to an activating group) is 1. The summed E-state index contributed by atoms with van der Waals surface area (Å²) in [4.78, 5) is 48.0. The summed E-state index contributed by atoms with van der Waals surface area (Å²) in [5.74, 6) is -1.45. The molecule has 1 fully saturated rings. The molecular formula is C32H40F2N6O3. The maximum absolute atomic E-state index is 13.9. The van der Waals surface area contributed by atoms with E-state index in [1.165, 1.54) is 30.6 Å².